The summed E-state index contributed by atoms with van der Waals surface area (Å²) in [5, 5.41) is 3.28. The van der Waals surface area contributed by atoms with Crippen LogP contribution in [0.3, 0.4) is 0 Å². The van der Waals surface area contributed by atoms with E-state index in [-0.39, 0.29) is 17.9 Å². The van der Waals surface area contributed by atoms with Gasteiger partial charge < -0.3 is 24.3 Å². The van der Waals surface area contributed by atoms with Gasteiger partial charge in [-0.15, -0.1) is 0 Å². The Morgan fingerprint density at radius 2 is 1.53 bits per heavy atom. The SMILES string of the molecule is COc1ccc([C@H]2CCCC[C@H]2NC(=O)c2ccc(OC)c(OCC3CC3)c2)cc1OC. The van der Waals surface area contributed by atoms with Gasteiger partial charge >= 0.3 is 0 Å². The molecular weight excluding hydrogens is 406 g/mol. The fourth-order valence-electron chi connectivity index (χ4n) is 4.46. The minimum atomic E-state index is -0.0821. The first kappa shape index (κ1) is 22.3. The summed E-state index contributed by atoms with van der Waals surface area (Å²) >= 11 is 0. The number of methoxy groups -OCH3 is 3. The smallest absolute Gasteiger partial charge is 0.251 e. The van der Waals surface area contributed by atoms with E-state index < -0.39 is 0 Å². The highest BCUT2D eigenvalue weighted by Gasteiger charge is 2.29. The van der Waals surface area contributed by atoms with Gasteiger partial charge in [0.15, 0.2) is 23.0 Å². The summed E-state index contributed by atoms with van der Waals surface area (Å²) in [6.07, 6.45) is 6.65. The predicted octanol–water partition coefficient (Wildman–Crippen LogP) is 4.96. The van der Waals surface area contributed by atoms with Crippen LogP contribution in [-0.4, -0.2) is 39.9 Å². The molecule has 2 aliphatic carbocycles. The third-order valence-corrected chi connectivity index (χ3v) is 6.52. The van der Waals surface area contributed by atoms with Gasteiger partial charge in [0.2, 0.25) is 0 Å². The van der Waals surface area contributed by atoms with Gasteiger partial charge in [-0.25, -0.2) is 0 Å². The maximum absolute atomic E-state index is 13.2. The molecule has 0 saturated heterocycles. The van der Waals surface area contributed by atoms with E-state index in [0.29, 0.717) is 41.1 Å². The van der Waals surface area contributed by atoms with Crippen LogP contribution in [-0.2, 0) is 0 Å². The van der Waals surface area contributed by atoms with Crippen LogP contribution in [0.1, 0.15) is 60.4 Å². The predicted molar refractivity (Wildman–Crippen MR) is 123 cm³/mol. The fourth-order valence-corrected chi connectivity index (χ4v) is 4.46. The Bertz CT molecular complexity index is 940. The molecule has 2 fully saturated rings. The lowest BCUT2D eigenvalue weighted by atomic mass is 9.79. The second kappa shape index (κ2) is 10.2. The Kier molecular flexibility index (Phi) is 7.08. The van der Waals surface area contributed by atoms with Crippen LogP contribution in [0.5, 0.6) is 23.0 Å². The Balaban J connectivity index is 1.50. The minimum Gasteiger partial charge on any atom is -0.493 e. The fraction of sp³-hybridized carbons (Fsp3) is 0.500. The zero-order chi connectivity index (χ0) is 22.5. The van der Waals surface area contributed by atoms with E-state index in [0.717, 1.165) is 31.2 Å². The van der Waals surface area contributed by atoms with Crippen LogP contribution in [0.15, 0.2) is 36.4 Å². The number of nitrogens with one attached hydrogen (secondary N) is 1. The molecule has 0 spiro atoms. The molecule has 1 amide bonds. The van der Waals surface area contributed by atoms with Crippen molar-refractivity contribution in [3.63, 3.8) is 0 Å². The standard InChI is InChI=1S/C26H33NO5/c1-29-22-12-10-18(14-24(22)31-3)20-6-4-5-7-21(20)27-26(28)19-11-13-23(30-2)25(15-19)32-16-17-8-9-17/h10-15,17,20-21H,4-9,16H2,1-3H3,(H,27,28)/t20-,21-/m1/s1. The molecule has 2 aromatic carbocycles. The summed E-state index contributed by atoms with van der Waals surface area (Å²) in [5.74, 6) is 3.49. The van der Waals surface area contributed by atoms with Gasteiger partial charge in [-0.1, -0.05) is 18.9 Å². The van der Waals surface area contributed by atoms with Crippen molar-refractivity contribution in [2.45, 2.75) is 50.5 Å². The van der Waals surface area contributed by atoms with Crippen molar-refractivity contribution in [2.24, 2.45) is 5.92 Å². The first-order valence-corrected chi connectivity index (χ1v) is 11.5. The van der Waals surface area contributed by atoms with Gasteiger partial charge in [-0.05, 0) is 67.5 Å². The third kappa shape index (κ3) is 5.12. The van der Waals surface area contributed by atoms with E-state index in [2.05, 4.69) is 11.4 Å². The molecule has 2 saturated carbocycles. The molecule has 0 heterocycles. The number of hydrogen-bond acceptors (Lipinski definition) is 5. The van der Waals surface area contributed by atoms with E-state index >= 15 is 0 Å². The van der Waals surface area contributed by atoms with Crippen molar-refractivity contribution in [1.29, 1.82) is 0 Å². The van der Waals surface area contributed by atoms with E-state index in [1.54, 1.807) is 33.5 Å². The molecule has 0 bridgehead atoms. The molecule has 0 aromatic heterocycles. The summed E-state index contributed by atoms with van der Waals surface area (Å²) in [7, 11) is 4.90. The van der Waals surface area contributed by atoms with Gasteiger partial charge in [0, 0.05) is 17.5 Å². The zero-order valence-electron chi connectivity index (χ0n) is 19.2. The normalized spacial score (nSPS) is 20.3. The summed E-state index contributed by atoms with van der Waals surface area (Å²) in [6.45, 7) is 0.672. The van der Waals surface area contributed by atoms with Crippen LogP contribution in [0.25, 0.3) is 0 Å². The highest BCUT2D eigenvalue weighted by molar-refractivity contribution is 5.95. The van der Waals surface area contributed by atoms with Gasteiger partial charge in [0.25, 0.3) is 5.91 Å². The topological polar surface area (TPSA) is 66.0 Å². The van der Waals surface area contributed by atoms with Crippen LogP contribution < -0.4 is 24.3 Å². The number of benzene rings is 2. The lowest BCUT2D eigenvalue weighted by molar-refractivity contribution is 0.0920. The second-order valence-electron chi connectivity index (χ2n) is 8.71. The molecule has 32 heavy (non-hydrogen) atoms. The van der Waals surface area contributed by atoms with Gasteiger partial charge in [0.1, 0.15) is 0 Å². The largest absolute Gasteiger partial charge is 0.493 e. The van der Waals surface area contributed by atoms with E-state index in [1.165, 1.54) is 12.8 Å². The Hall–Kier alpha value is -2.89. The van der Waals surface area contributed by atoms with Crippen molar-refractivity contribution in [3.05, 3.63) is 47.5 Å². The number of carbonyl (C=O) groups is 1. The number of hydrogen-bond donors (Lipinski definition) is 1. The monoisotopic (exact) mass is 439 g/mol. The first-order chi connectivity index (χ1) is 15.6. The second-order valence-corrected chi connectivity index (χ2v) is 8.71. The van der Waals surface area contributed by atoms with Crippen molar-refractivity contribution < 1.29 is 23.7 Å². The highest BCUT2D eigenvalue weighted by Crippen LogP contribution is 2.38. The lowest BCUT2D eigenvalue weighted by Crippen LogP contribution is -2.41. The summed E-state index contributed by atoms with van der Waals surface area (Å²) < 4.78 is 22.2. The first-order valence-electron chi connectivity index (χ1n) is 11.5. The maximum Gasteiger partial charge on any atom is 0.251 e. The minimum absolute atomic E-state index is 0.0623. The molecular formula is C26H33NO5. The molecule has 1 N–H and O–H groups in total. The molecule has 4 rings (SSSR count). The van der Waals surface area contributed by atoms with Crippen molar-refractivity contribution >= 4 is 5.91 Å². The van der Waals surface area contributed by atoms with Gasteiger partial charge in [0.05, 0.1) is 27.9 Å². The molecule has 0 aliphatic heterocycles. The molecule has 6 nitrogen and oxygen atoms in total. The molecule has 0 radical (unpaired) electrons. The van der Waals surface area contributed by atoms with E-state index in [4.69, 9.17) is 18.9 Å². The van der Waals surface area contributed by atoms with Crippen molar-refractivity contribution in [3.8, 4) is 23.0 Å². The summed E-state index contributed by atoms with van der Waals surface area (Å²) in [4.78, 5) is 13.2. The van der Waals surface area contributed by atoms with E-state index in [9.17, 15) is 4.79 Å². The molecule has 6 heteroatoms. The highest BCUT2D eigenvalue weighted by atomic mass is 16.5. The lowest BCUT2D eigenvalue weighted by Gasteiger charge is -2.33. The molecule has 2 aromatic rings. The van der Waals surface area contributed by atoms with Crippen molar-refractivity contribution in [1.82, 2.24) is 5.32 Å². The zero-order valence-corrected chi connectivity index (χ0v) is 19.2. The average Bonchev–Trinajstić information content (AvgIpc) is 3.67. The number of rotatable bonds is 9. The van der Waals surface area contributed by atoms with Crippen LogP contribution in [0.2, 0.25) is 0 Å². The molecule has 0 unspecified atom stereocenters. The Morgan fingerprint density at radius 1 is 0.844 bits per heavy atom. The van der Waals surface area contributed by atoms with Crippen LogP contribution >= 0.6 is 0 Å². The van der Waals surface area contributed by atoms with E-state index in [1.807, 2.05) is 18.2 Å². The maximum atomic E-state index is 13.2. The Labute approximate surface area is 190 Å². The third-order valence-electron chi connectivity index (χ3n) is 6.52. The Morgan fingerprint density at radius 3 is 2.25 bits per heavy atom. The van der Waals surface area contributed by atoms with Crippen LogP contribution in [0.4, 0.5) is 0 Å². The molecule has 2 atom stereocenters. The quantitative estimate of drug-likeness (QED) is 0.598. The summed E-state index contributed by atoms with van der Waals surface area (Å²) in [6, 6.07) is 11.5. The van der Waals surface area contributed by atoms with Crippen LogP contribution in [0, 0.1) is 5.92 Å². The van der Waals surface area contributed by atoms with Crippen molar-refractivity contribution in [2.75, 3.05) is 27.9 Å². The summed E-state index contributed by atoms with van der Waals surface area (Å²) in [5.41, 5.74) is 1.75. The average molecular weight is 440 g/mol. The number of amides is 1. The molecule has 2 aliphatic rings. The molecule has 172 valence electrons. The number of carbonyl (C=O) groups excluding carboxylic acids is 1. The van der Waals surface area contributed by atoms with Gasteiger partial charge in [-0.2, -0.15) is 0 Å². The number of ether oxygens (including phenoxy) is 4. The van der Waals surface area contributed by atoms with Gasteiger partial charge in [-0.3, -0.25) is 4.79 Å².